The summed E-state index contributed by atoms with van der Waals surface area (Å²) in [6.07, 6.45) is 7.21. The van der Waals surface area contributed by atoms with Crippen molar-refractivity contribution in [1.29, 1.82) is 0 Å². The van der Waals surface area contributed by atoms with E-state index in [9.17, 15) is 4.79 Å². The Bertz CT molecular complexity index is 1660. The highest BCUT2D eigenvalue weighted by atomic mass is 16.6. The molecule has 1 aliphatic carbocycles. The lowest BCUT2D eigenvalue weighted by molar-refractivity contribution is -0.124. The minimum Gasteiger partial charge on any atom is -0.495 e. The molecule has 16 nitrogen and oxygen atoms in total. The molecule has 0 bridgehead atoms. The van der Waals surface area contributed by atoms with Crippen molar-refractivity contribution >= 4 is 28.0 Å². The lowest BCUT2D eigenvalue weighted by Crippen LogP contribution is -2.22. The summed E-state index contributed by atoms with van der Waals surface area (Å²) in [5.41, 5.74) is 14.7. The van der Waals surface area contributed by atoms with E-state index in [1.54, 1.807) is 14.2 Å². The van der Waals surface area contributed by atoms with Gasteiger partial charge in [-0.15, -0.1) is 0 Å². The molecule has 0 amide bonds. The molecule has 4 aromatic rings. The minimum absolute atomic E-state index is 0.0835. The number of ether oxygens (including phenoxy) is 8. The van der Waals surface area contributed by atoms with Crippen LogP contribution in [0.15, 0.2) is 30.6 Å². The van der Waals surface area contributed by atoms with E-state index in [1.807, 2.05) is 28.8 Å². The summed E-state index contributed by atoms with van der Waals surface area (Å²) < 4.78 is 44.2. The fraction of sp³-hybridized carbons (Fsp3) is 0.650. The number of aromatic amines is 1. The minimum atomic E-state index is 0.0835. The summed E-state index contributed by atoms with van der Waals surface area (Å²) in [5.74, 6) is 2.59. The predicted octanol–water partition coefficient (Wildman–Crippen LogP) is 4.59. The molecule has 0 saturated heterocycles. The maximum Gasteiger partial charge on any atom is 0.153 e. The van der Waals surface area contributed by atoms with Gasteiger partial charge in [0.1, 0.15) is 34.9 Å². The number of nitrogens with two attached hydrogens (primary N) is 2. The summed E-state index contributed by atoms with van der Waals surface area (Å²) in [7, 11) is 3.30. The number of aromatic nitrogens is 5. The first-order valence-electron chi connectivity index (χ1n) is 19.9. The standard InChI is InChI=1S/C29H38N6O5.C11H25NO4/c1-37-13-14-40-16-15-39-12-4-6-23(36)19-8-10-20(11-9-19)29-34-26(27-28(30)31-18-32-35(27)29)22-17-21-5-3-7-24(38-2)25(21)33-22;1-2-4-13-6-8-15-10-11-16-9-7-14-5-3-12/h3,5,7,17-20,33H,4,6,8-16H2,1-2H3,(H2,30,31,32);2-12H2,1H3. The van der Waals surface area contributed by atoms with Gasteiger partial charge in [-0.3, -0.25) is 4.79 Å². The second-order valence-corrected chi connectivity index (χ2v) is 13.4. The molecule has 1 aromatic carbocycles. The number of hydrogen-bond donors (Lipinski definition) is 3. The van der Waals surface area contributed by atoms with E-state index in [4.69, 9.17) is 54.3 Å². The van der Waals surface area contributed by atoms with Crippen molar-refractivity contribution in [3.8, 4) is 17.1 Å². The van der Waals surface area contributed by atoms with Gasteiger partial charge >= 0.3 is 0 Å². The van der Waals surface area contributed by atoms with Gasteiger partial charge < -0.3 is 54.3 Å². The van der Waals surface area contributed by atoms with Crippen molar-refractivity contribution in [2.45, 2.75) is 57.8 Å². The molecule has 5 N–H and O–H groups in total. The predicted molar refractivity (Wildman–Crippen MR) is 214 cm³/mol. The molecule has 16 heteroatoms. The van der Waals surface area contributed by atoms with Gasteiger partial charge in [0.2, 0.25) is 0 Å². The lowest BCUT2D eigenvalue weighted by Gasteiger charge is -2.26. The number of hydrogen-bond acceptors (Lipinski definition) is 14. The Hall–Kier alpha value is -3.74. The Balaban J connectivity index is 0.000000369. The second-order valence-electron chi connectivity index (χ2n) is 13.4. The first-order valence-corrected chi connectivity index (χ1v) is 19.9. The first-order chi connectivity index (χ1) is 27.5. The summed E-state index contributed by atoms with van der Waals surface area (Å²) in [6.45, 7) is 10.5. The number of nitrogens with zero attached hydrogens (tertiary/aromatic N) is 4. The highest BCUT2D eigenvalue weighted by molar-refractivity contribution is 5.93. The Morgan fingerprint density at radius 1 is 0.839 bits per heavy atom. The van der Waals surface area contributed by atoms with Crippen LogP contribution in [0.4, 0.5) is 5.82 Å². The average Bonchev–Trinajstić information content (AvgIpc) is 3.84. The number of para-hydroxylation sites is 1. The number of rotatable bonds is 27. The van der Waals surface area contributed by atoms with Crippen molar-refractivity contribution < 1.29 is 42.7 Å². The van der Waals surface area contributed by atoms with Gasteiger partial charge in [0.05, 0.1) is 91.0 Å². The molecule has 0 atom stereocenters. The van der Waals surface area contributed by atoms with Crippen LogP contribution in [0, 0.1) is 5.92 Å². The van der Waals surface area contributed by atoms with Crippen LogP contribution in [0.2, 0.25) is 0 Å². The molecular formula is C40H63N7O9. The highest BCUT2D eigenvalue weighted by Crippen LogP contribution is 2.39. The number of carbonyl (C=O) groups is 1. The number of nitrogen functional groups attached to an aromatic ring is 1. The molecule has 56 heavy (non-hydrogen) atoms. The van der Waals surface area contributed by atoms with Crippen LogP contribution in [-0.2, 0) is 38.0 Å². The zero-order valence-electron chi connectivity index (χ0n) is 33.5. The van der Waals surface area contributed by atoms with Crippen LogP contribution in [0.5, 0.6) is 5.75 Å². The molecular weight excluding hydrogens is 722 g/mol. The summed E-state index contributed by atoms with van der Waals surface area (Å²) in [6, 6.07) is 7.95. The van der Waals surface area contributed by atoms with E-state index < -0.39 is 0 Å². The van der Waals surface area contributed by atoms with Crippen LogP contribution in [0.1, 0.15) is 63.6 Å². The van der Waals surface area contributed by atoms with E-state index >= 15 is 0 Å². The normalized spacial score (nSPS) is 15.6. The number of ketones is 1. The Morgan fingerprint density at radius 2 is 1.46 bits per heavy atom. The Labute approximate surface area is 330 Å². The quantitative estimate of drug-likeness (QED) is 0.0709. The number of benzene rings is 1. The zero-order valence-corrected chi connectivity index (χ0v) is 33.5. The van der Waals surface area contributed by atoms with Crippen molar-refractivity contribution in [3.05, 3.63) is 36.4 Å². The van der Waals surface area contributed by atoms with E-state index in [2.05, 4.69) is 22.0 Å². The molecule has 3 heterocycles. The molecule has 0 unspecified atom stereocenters. The number of imidazole rings is 1. The van der Waals surface area contributed by atoms with E-state index in [1.165, 1.54) is 6.33 Å². The summed E-state index contributed by atoms with van der Waals surface area (Å²) in [4.78, 5) is 25.6. The number of methoxy groups -OCH3 is 2. The molecule has 3 aromatic heterocycles. The molecule has 0 radical (unpaired) electrons. The number of fused-ring (bicyclic) bond motifs is 2. The molecule has 5 rings (SSSR count). The van der Waals surface area contributed by atoms with Crippen LogP contribution < -0.4 is 16.2 Å². The van der Waals surface area contributed by atoms with Gasteiger partial charge in [-0.25, -0.2) is 14.5 Å². The second kappa shape index (κ2) is 26.2. The monoisotopic (exact) mass is 785 g/mol. The maximum atomic E-state index is 12.9. The number of carbonyl (C=O) groups excluding carboxylic acids is 1. The summed E-state index contributed by atoms with van der Waals surface area (Å²) >= 11 is 0. The average molecular weight is 786 g/mol. The topological polar surface area (TPSA) is 202 Å². The highest BCUT2D eigenvalue weighted by Gasteiger charge is 2.31. The van der Waals surface area contributed by atoms with Crippen LogP contribution in [0.3, 0.4) is 0 Å². The van der Waals surface area contributed by atoms with Crippen molar-refractivity contribution in [3.63, 3.8) is 0 Å². The number of Topliss-reactive ketones (excluding diaryl/α,β-unsaturated/α-hetero) is 1. The lowest BCUT2D eigenvalue weighted by atomic mass is 9.79. The third kappa shape index (κ3) is 14.3. The molecule has 1 aliphatic rings. The van der Waals surface area contributed by atoms with Gasteiger partial charge in [-0.2, -0.15) is 5.10 Å². The molecule has 312 valence electrons. The van der Waals surface area contributed by atoms with Crippen LogP contribution in [-0.4, -0.2) is 137 Å². The SMILES string of the molecule is CCCOCCOCCOCCOCCN.COCCOCCOCCCC(=O)C1CCC(c2nc(-c3cc4cccc(OC)c4[nH]3)c3c(N)ncnn23)CC1. The van der Waals surface area contributed by atoms with Gasteiger partial charge in [0, 0.05) is 50.5 Å². The number of anilines is 1. The molecule has 1 saturated carbocycles. The molecule has 0 spiro atoms. The molecule has 1 fully saturated rings. The number of nitrogens with one attached hydrogen (secondary N) is 1. The van der Waals surface area contributed by atoms with Crippen LogP contribution >= 0.6 is 0 Å². The van der Waals surface area contributed by atoms with Gasteiger partial charge in [0.15, 0.2) is 5.82 Å². The summed E-state index contributed by atoms with van der Waals surface area (Å²) in [5, 5.41) is 5.54. The molecule has 0 aliphatic heterocycles. The van der Waals surface area contributed by atoms with Gasteiger partial charge in [-0.05, 0) is 50.7 Å². The van der Waals surface area contributed by atoms with Crippen molar-refractivity contribution in [2.75, 3.05) is 112 Å². The fourth-order valence-corrected chi connectivity index (χ4v) is 6.54. The third-order valence-electron chi connectivity index (χ3n) is 9.37. The van der Waals surface area contributed by atoms with Gasteiger partial charge in [-0.1, -0.05) is 19.1 Å². The van der Waals surface area contributed by atoms with E-state index in [0.29, 0.717) is 115 Å². The van der Waals surface area contributed by atoms with Crippen molar-refractivity contribution in [2.24, 2.45) is 11.7 Å². The van der Waals surface area contributed by atoms with Crippen molar-refractivity contribution in [1.82, 2.24) is 24.6 Å². The smallest absolute Gasteiger partial charge is 0.153 e. The Kier molecular flexibility index (Phi) is 21.1. The largest absolute Gasteiger partial charge is 0.495 e. The Morgan fingerprint density at radius 3 is 2.09 bits per heavy atom. The maximum absolute atomic E-state index is 12.9. The zero-order chi connectivity index (χ0) is 39.8. The van der Waals surface area contributed by atoms with E-state index in [0.717, 1.165) is 73.3 Å². The van der Waals surface area contributed by atoms with E-state index in [-0.39, 0.29) is 11.8 Å². The first kappa shape index (κ1) is 45.0. The third-order valence-corrected chi connectivity index (χ3v) is 9.37. The van der Waals surface area contributed by atoms with Gasteiger partial charge in [0.25, 0.3) is 0 Å². The number of H-pyrrole nitrogens is 1. The van der Waals surface area contributed by atoms with Crippen LogP contribution in [0.25, 0.3) is 27.8 Å². The fourth-order valence-electron chi connectivity index (χ4n) is 6.54.